The fourth-order valence-electron chi connectivity index (χ4n) is 2.45. The van der Waals surface area contributed by atoms with Crippen molar-refractivity contribution in [2.24, 2.45) is 0 Å². The second kappa shape index (κ2) is 6.47. The summed E-state index contributed by atoms with van der Waals surface area (Å²) in [6.45, 7) is 8.28. The topological polar surface area (TPSA) is 83.6 Å². The Morgan fingerprint density at radius 2 is 1.90 bits per heavy atom. The Morgan fingerprint density at radius 1 is 1.14 bits per heavy atom. The van der Waals surface area contributed by atoms with Crippen LogP contribution in [0.15, 0.2) is 10.9 Å². The summed E-state index contributed by atoms with van der Waals surface area (Å²) in [4.78, 5) is 20.6. The van der Waals surface area contributed by atoms with Gasteiger partial charge in [-0.2, -0.15) is 5.10 Å². The highest BCUT2D eigenvalue weighted by Gasteiger charge is 2.12. The van der Waals surface area contributed by atoms with E-state index in [1.54, 1.807) is 0 Å². The third-order valence-corrected chi connectivity index (χ3v) is 3.38. The average Bonchev–Trinajstić information content (AvgIpc) is 2.44. The summed E-state index contributed by atoms with van der Waals surface area (Å²) in [5, 5.41) is 9.91. The van der Waals surface area contributed by atoms with Gasteiger partial charge < -0.3 is 5.32 Å². The molecular weight excluding hydrogens is 266 g/mol. The first kappa shape index (κ1) is 15.2. The smallest absolute Gasteiger partial charge is 0.269 e. The van der Waals surface area contributed by atoms with Gasteiger partial charge >= 0.3 is 0 Å². The quantitative estimate of drug-likeness (QED) is 0.877. The normalized spacial score (nSPS) is 10.7. The Bertz CT molecular complexity index is 673. The van der Waals surface area contributed by atoms with E-state index in [2.05, 4.69) is 25.5 Å². The van der Waals surface area contributed by atoms with Gasteiger partial charge in [0, 0.05) is 23.9 Å². The number of hydrogen-bond acceptors (Lipinski definition) is 5. The molecule has 0 aromatic carbocycles. The molecule has 0 aliphatic carbocycles. The van der Waals surface area contributed by atoms with E-state index < -0.39 is 0 Å². The molecule has 0 aliphatic heterocycles. The summed E-state index contributed by atoms with van der Waals surface area (Å²) >= 11 is 0. The van der Waals surface area contributed by atoms with E-state index >= 15 is 0 Å². The first-order valence-electron chi connectivity index (χ1n) is 7.20. The first-order chi connectivity index (χ1) is 10.0. The predicted octanol–water partition coefficient (Wildman–Crippen LogP) is 1.91. The molecule has 2 heterocycles. The van der Waals surface area contributed by atoms with Crippen molar-refractivity contribution >= 4 is 5.82 Å². The summed E-state index contributed by atoms with van der Waals surface area (Å²) in [6, 6.07) is 1.87. The number of nitrogens with one attached hydrogen (secondary N) is 2. The molecule has 6 heteroatoms. The molecule has 2 rings (SSSR count). The lowest BCUT2D eigenvalue weighted by Gasteiger charge is -2.12. The molecule has 0 amide bonds. The molecule has 0 radical (unpaired) electrons. The van der Waals surface area contributed by atoms with Crippen molar-refractivity contribution in [1.29, 1.82) is 0 Å². The Hall–Kier alpha value is -2.24. The van der Waals surface area contributed by atoms with E-state index in [1.165, 1.54) is 0 Å². The van der Waals surface area contributed by atoms with E-state index in [0.717, 1.165) is 41.2 Å². The first-order valence-corrected chi connectivity index (χ1v) is 7.20. The highest BCUT2D eigenvalue weighted by molar-refractivity contribution is 5.38. The number of aryl methyl sites for hydroxylation is 3. The van der Waals surface area contributed by atoms with Crippen LogP contribution < -0.4 is 10.9 Å². The number of H-pyrrole nitrogens is 1. The molecule has 0 saturated carbocycles. The summed E-state index contributed by atoms with van der Waals surface area (Å²) in [6.07, 6.45) is 1.59. The maximum Gasteiger partial charge on any atom is 0.269 e. The van der Waals surface area contributed by atoms with Gasteiger partial charge in [-0.25, -0.2) is 15.1 Å². The van der Waals surface area contributed by atoms with Crippen molar-refractivity contribution in [2.75, 3.05) is 5.32 Å². The zero-order chi connectivity index (χ0) is 15.4. The van der Waals surface area contributed by atoms with Gasteiger partial charge in [-0.15, -0.1) is 0 Å². The highest BCUT2D eigenvalue weighted by Crippen LogP contribution is 2.12. The number of hydrogen-bond donors (Lipinski definition) is 2. The molecule has 112 valence electrons. The number of aromatic nitrogens is 4. The van der Waals surface area contributed by atoms with Gasteiger partial charge in [0.1, 0.15) is 11.6 Å². The van der Waals surface area contributed by atoms with Crippen molar-refractivity contribution in [1.82, 2.24) is 20.2 Å². The Morgan fingerprint density at radius 3 is 2.52 bits per heavy atom. The van der Waals surface area contributed by atoms with Crippen molar-refractivity contribution in [3.8, 4) is 0 Å². The van der Waals surface area contributed by atoms with Crippen LogP contribution in [0.3, 0.4) is 0 Å². The molecule has 0 fully saturated rings. The largest absolute Gasteiger partial charge is 0.366 e. The van der Waals surface area contributed by atoms with Crippen molar-refractivity contribution < 1.29 is 0 Å². The van der Waals surface area contributed by atoms with Crippen molar-refractivity contribution in [3.63, 3.8) is 0 Å². The Labute approximate surface area is 124 Å². The molecule has 2 N–H and O–H groups in total. The van der Waals surface area contributed by atoms with Gasteiger partial charge in [0.2, 0.25) is 0 Å². The molecule has 21 heavy (non-hydrogen) atoms. The van der Waals surface area contributed by atoms with Gasteiger partial charge in [0.25, 0.3) is 5.56 Å². The molecule has 0 atom stereocenters. The van der Waals surface area contributed by atoms with Gasteiger partial charge in [-0.3, -0.25) is 4.79 Å². The standard InChI is InChI=1S/C15H21N5O/c1-5-11-12(15(21)20-19-13(11)6-2)8-16-14-7-9(3)17-10(4)18-14/h7H,5-6,8H2,1-4H3,(H,20,21)(H,16,17,18). The van der Waals surface area contributed by atoms with Crippen LogP contribution in [0, 0.1) is 13.8 Å². The van der Waals surface area contributed by atoms with E-state index in [-0.39, 0.29) is 5.56 Å². The monoisotopic (exact) mass is 287 g/mol. The van der Waals surface area contributed by atoms with Crippen LogP contribution in [-0.2, 0) is 19.4 Å². The number of anilines is 1. The maximum absolute atomic E-state index is 12.0. The second-order valence-corrected chi connectivity index (χ2v) is 4.96. The SMILES string of the molecule is CCc1n[nH]c(=O)c(CNc2cc(C)nc(C)n2)c1CC. The zero-order valence-electron chi connectivity index (χ0n) is 12.9. The van der Waals surface area contributed by atoms with E-state index in [4.69, 9.17) is 0 Å². The summed E-state index contributed by atoms with van der Waals surface area (Å²) in [7, 11) is 0. The van der Waals surface area contributed by atoms with Gasteiger partial charge in [-0.05, 0) is 32.3 Å². The van der Waals surface area contributed by atoms with Crippen LogP contribution >= 0.6 is 0 Å². The summed E-state index contributed by atoms with van der Waals surface area (Å²) in [5.74, 6) is 1.45. The third kappa shape index (κ3) is 3.45. The molecule has 0 saturated heterocycles. The van der Waals surface area contributed by atoms with Crippen molar-refractivity contribution in [3.05, 3.63) is 44.8 Å². The van der Waals surface area contributed by atoms with E-state index in [1.807, 2.05) is 33.8 Å². The lowest BCUT2D eigenvalue weighted by molar-refractivity contribution is 0.825. The Kier molecular flexibility index (Phi) is 4.67. The van der Waals surface area contributed by atoms with E-state index in [0.29, 0.717) is 12.4 Å². The Balaban J connectivity index is 2.29. The van der Waals surface area contributed by atoms with Gasteiger partial charge in [-0.1, -0.05) is 13.8 Å². The molecule has 0 spiro atoms. The maximum atomic E-state index is 12.0. The van der Waals surface area contributed by atoms with E-state index in [9.17, 15) is 4.79 Å². The lowest BCUT2D eigenvalue weighted by atomic mass is 10.0. The molecule has 0 aliphatic rings. The van der Waals surface area contributed by atoms with Crippen LogP contribution in [0.5, 0.6) is 0 Å². The number of nitrogens with zero attached hydrogens (tertiary/aromatic N) is 3. The van der Waals surface area contributed by atoms with Crippen LogP contribution in [0.4, 0.5) is 5.82 Å². The summed E-state index contributed by atoms with van der Waals surface area (Å²) in [5.41, 5.74) is 3.47. The molecule has 0 bridgehead atoms. The average molecular weight is 287 g/mol. The molecular formula is C15H21N5O. The minimum absolute atomic E-state index is 0.140. The number of aromatic amines is 1. The second-order valence-electron chi connectivity index (χ2n) is 4.96. The molecule has 2 aromatic heterocycles. The van der Waals surface area contributed by atoms with Gasteiger partial charge in [0.15, 0.2) is 0 Å². The minimum atomic E-state index is -0.140. The zero-order valence-corrected chi connectivity index (χ0v) is 12.9. The van der Waals surface area contributed by atoms with Crippen LogP contribution in [-0.4, -0.2) is 20.2 Å². The fourth-order valence-corrected chi connectivity index (χ4v) is 2.45. The number of rotatable bonds is 5. The predicted molar refractivity (Wildman–Crippen MR) is 82.4 cm³/mol. The molecule has 2 aromatic rings. The minimum Gasteiger partial charge on any atom is -0.366 e. The molecule has 6 nitrogen and oxygen atoms in total. The molecule has 0 unspecified atom stereocenters. The van der Waals surface area contributed by atoms with Crippen molar-refractivity contribution in [2.45, 2.75) is 47.1 Å². The highest BCUT2D eigenvalue weighted by atomic mass is 16.1. The van der Waals surface area contributed by atoms with Crippen LogP contribution in [0.2, 0.25) is 0 Å². The third-order valence-electron chi connectivity index (χ3n) is 3.38. The van der Waals surface area contributed by atoms with Gasteiger partial charge in [0.05, 0.1) is 5.69 Å². The van der Waals surface area contributed by atoms with Crippen LogP contribution in [0.1, 0.15) is 42.2 Å². The lowest BCUT2D eigenvalue weighted by Crippen LogP contribution is -2.22. The van der Waals surface area contributed by atoms with Crippen LogP contribution in [0.25, 0.3) is 0 Å². The fraction of sp³-hybridized carbons (Fsp3) is 0.467. The summed E-state index contributed by atoms with van der Waals surface area (Å²) < 4.78 is 0.